The summed E-state index contributed by atoms with van der Waals surface area (Å²) in [6, 6.07) is 1.69. The molecule has 0 aliphatic heterocycles. The lowest BCUT2D eigenvalue weighted by Gasteiger charge is -2.16. The van der Waals surface area contributed by atoms with Crippen LogP contribution < -0.4 is 4.72 Å². The van der Waals surface area contributed by atoms with Gasteiger partial charge in [0.1, 0.15) is 0 Å². The van der Waals surface area contributed by atoms with Gasteiger partial charge in [0.05, 0.1) is 12.5 Å². The van der Waals surface area contributed by atoms with Crippen molar-refractivity contribution in [2.24, 2.45) is 0 Å². The lowest BCUT2D eigenvalue weighted by atomic mass is 10.4. The van der Waals surface area contributed by atoms with Crippen LogP contribution in [0.15, 0.2) is 23.0 Å². The summed E-state index contributed by atoms with van der Waals surface area (Å²) in [6.07, 6.45) is 3.39. The Kier molecular flexibility index (Phi) is 4.94. The van der Waals surface area contributed by atoms with E-state index in [9.17, 15) is 8.42 Å². The number of rotatable bonds is 7. The van der Waals surface area contributed by atoms with Gasteiger partial charge in [0.15, 0.2) is 0 Å². The normalized spacial score (nSPS) is 12.2. The molecule has 1 aromatic heterocycles. The van der Waals surface area contributed by atoms with E-state index in [2.05, 4.69) is 4.72 Å². The molecule has 2 N–H and O–H groups in total. The van der Waals surface area contributed by atoms with E-state index in [0.29, 0.717) is 6.42 Å². The van der Waals surface area contributed by atoms with E-state index in [-0.39, 0.29) is 19.7 Å². The van der Waals surface area contributed by atoms with Gasteiger partial charge in [-0.1, -0.05) is 0 Å². The van der Waals surface area contributed by atoms with Crippen LogP contribution in [-0.4, -0.2) is 38.0 Å². The minimum Gasteiger partial charge on any atom is -0.472 e. The predicted molar refractivity (Wildman–Crippen MR) is 58.8 cm³/mol. The summed E-state index contributed by atoms with van der Waals surface area (Å²) in [5.74, 6) is 0. The van der Waals surface area contributed by atoms with Gasteiger partial charge in [0, 0.05) is 32.3 Å². The van der Waals surface area contributed by atoms with E-state index < -0.39 is 10.2 Å². The Hall–Kier alpha value is -0.890. The Labute approximate surface area is 95.1 Å². The van der Waals surface area contributed by atoms with Crippen LogP contribution in [0.1, 0.15) is 12.0 Å². The van der Waals surface area contributed by atoms with Crippen molar-refractivity contribution in [3.8, 4) is 0 Å². The number of hydrogen-bond donors (Lipinski definition) is 2. The summed E-state index contributed by atoms with van der Waals surface area (Å²) in [4.78, 5) is 0. The second kappa shape index (κ2) is 6.00. The van der Waals surface area contributed by atoms with Crippen LogP contribution in [0.4, 0.5) is 0 Å². The third-order valence-electron chi connectivity index (χ3n) is 2.08. The smallest absolute Gasteiger partial charge is 0.279 e. The molecule has 0 atom stereocenters. The Bertz CT molecular complexity index is 388. The number of aliphatic hydroxyl groups is 1. The minimum absolute atomic E-state index is 0.0262. The first-order valence-corrected chi connectivity index (χ1v) is 6.33. The van der Waals surface area contributed by atoms with Crippen molar-refractivity contribution in [3.63, 3.8) is 0 Å². The molecule has 1 rings (SSSR count). The van der Waals surface area contributed by atoms with Gasteiger partial charge >= 0.3 is 0 Å². The molecule has 1 heterocycles. The van der Waals surface area contributed by atoms with Crippen molar-refractivity contribution in [2.45, 2.75) is 13.0 Å². The van der Waals surface area contributed by atoms with E-state index in [1.807, 2.05) is 0 Å². The first kappa shape index (κ1) is 13.2. The maximum atomic E-state index is 11.6. The van der Waals surface area contributed by atoms with Crippen molar-refractivity contribution in [1.82, 2.24) is 9.03 Å². The van der Waals surface area contributed by atoms with Crippen LogP contribution >= 0.6 is 0 Å². The molecule has 0 spiro atoms. The number of aliphatic hydroxyl groups excluding tert-OH is 1. The Balaban J connectivity index is 2.45. The number of nitrogens with zero attached hydrogens (tertiary/aromatic N) is 1. The van der Waals surface area contributed by atoms with Crippen molar-refractivity contribution >= 4 is 10.2 Å². The molecule has 0 amide bonds. The molecule has 16 heavy (non-hydrogen) atoms. The van der Waals surface area contributed by atoms with E-state index >= 15 is 0 Å². The molecule has 0 saturated heterocycles. The first-order valence-electron chi connectivity index (χ1n) is 4.89. The predicted octanol–water partition coefficient (Wildman–Crippen LogP) is -0.0718. The summed E-state index contributed by atoms with van der Waals surface area (Å²) in [6.45, 7) is 0.459. The lowest BCUT2D eigenvalue weighted by molar-refractivity contribution is 0.275. The van der Waals surface area contributed by atoms with Crippen molar-refractivity contribution in [3.05, 3.63) is 24.2 Å². The third kappa shape index (κ3) is 3.93. The average molecular weight is 248 g/mol. The van der Waals surface area contributed by atoms with Gasteiger partial charge in [0.2, 0.25) is 0 Å². The molecule has 6 nitrogen and oxygen atoms in total. The molecular weight excluding hydrogens is 232 g/mol. The Morgan fingerprint density at radius 1 is 1.56 bits per heavy atom. The standard InChI is InChI=1S/C9H16N2O4S/c1-11(4-2-5-12)16(13,14)10-7-9-3-6-15-8-9/h3,6,8,10,12H,2,4-5,7H2,1H3. The molecule has 0 aromatic carbocycles. The fourth-order valence-electron chi connectivity index (χ4n) is 1.09. The number of furan rings is 1. The molecule has 0 unspecified atom stereocenters. The van der Waals surface area contributed by atoms with Gasteiger partial charge in [-0.2, -0.15) is 17.4 Å². The molecule has 1 aromatic rings. The topological polar surface area (TPSA) is 82.8 Å². The number of nitrogens with one attached hydrogen (secondary N) is 1. The number of hydrogen-bond acceptors (Lipinski definition) is 4. The van der Waals surface area contributed by atoms with Crippen molar-refractivity contribution in [2.75, 3.05) is 20.2 Å². The van der Waals surface area contributed by atoms with Crippen LogP contribution in [0.2, 0.25) is 0 Å². The molecule has 0 fully saturated rings. The second-order valence-corrected chi connectivity index (χ2v) is 5.22. The van der Waals surface area contributed by atoms with Gasteiger partial charge in [-0.3, -0.25) is 0 Å². The Morgan fingerprint density at radius 3 is 2.88 bits per heavy atom. The van der Waals surface area contributed by atoms with Crippen LogP contribution in [0.5, 0.6) is 0 Å². The molecule has 0 bridgehead atoms. The minimum atomic E-state index is -3.48. The fraction of sp³-hybridized carbons (Fsp3) is 0.556. The summed E-state index contributed by atoms with van der Waals surface area (Å²) in [5.41, 5.74) is 0.763. The maximum Gasteiger partial charge on any atom is 0.279 e. The summed E-state index contributed by atoms with van der Waals surface area (Å²) >= 11 is 0. The van der Waals surface area contributed by atoms with Crippen LogP contribution in [-0.2, 0) is 16.8 Å². The summed E-state index contributed by atoms with van der Waals surface area (Å²) in [7, 11) is -2.01. The van der Waals surface area contributed by atoms with Gasteiger partial charge in [-0.25, -0.2) is 0 Å². The molecule has 0 aliphatic rings. The highest BCUT2D eigenvalue weighted by Gasteiger charge is 2.16. The van der Waals surface area contributed by atoms with E-state index in [1.54, 1.807) is 6.07 Å². The van der Waals surface area contributed by atoms with Crippen LogP contribution in [0, 0.1) is 0 Å². The van der Waals surface area contributed by atoms with Crippen molar-refractivity contribution < 1.29 is 17.9 Å². The van der Waals surface area contributed by atoms with Gasteiger partial charge in [-0.05, 0) is 12.5 Å². The molecule has 7 heteroatoms. The summed E-state index contributed by atoms with van der Waals surface area (Å²) in [5, 5.41) is 8.61. The maximum absolute atomic E-state index is 11.6. The average Bonchev–Trinajstić information content (AvgIpc) is 2.76. The highest BCUT2D eigenvalue weighted by molar-refractivity contribution is 7.87. The summed E-state index contributed by atoms with van der Waals surface area (Å²) < 4.78 is 31.7. The van der Waals surface area contributed by atoms with E-state index in [0.717, 1.165) is 5.56 Å². The van der Waals surface area contributed by atoms with Crippen LogP contribution in [0.25, 0.3) is 0 Å². The van der Waals surface area contributed by atoms with Gasteiger partial charge in [-0.15, -0.1) is 0 Å². The van der Waals surface area contributed by atoms with E-state index in [4.69, 9.17) is 9.52 Å². The fourth-order valence-corrected chi connectivity index (χ4v) is 2.03. The molecule has 0 radical (unpaired) electrons. The molecule has 0 saturated carbocycles. The lowest BCUT2D eigenvalue weighted by Crippen LogP contribution is -2.38. The molecule has 0 aliphatic carbocycles. The second-order valence-electron chi connectivity index (χ2n) is 3.36. The van der Waals surface area contributed by atoms with E-state index in [1.165, 1.54) is 23.9 Å². The quantitative estimate of drug-likeness (QED) is 0.707. The molecular formula is C9H16N2O4S. The SMILES string of the molecule is CN(CCCO)S(=O)(=O)NCc1ccoc1. The van der Waals surface area contributed by atoms with Crippen LogP contribution in [0.3, 0.4) is 0 Å². The Morgan fingerprint density at radius 2 is 2.31 bits per heavy atom. The zero-order valence-electron chi connectivity index (χ0n) is 9.09. The third-order valence-corrected chi connectivity index (χ3v) is 3.59. The largest absolute Gasteiger partial charge is 0.472 e. The monoisotopic (exact) mass is 248 g/mol. The van der Waals surface area contributed by atoms with Gasteiger partial charge in [0.25, 0.3) is 10.2 Å². The molecule has 92 valence electrons. The first-order chi connectivity index (χ1) is 7.56. The highest BCUT2D eigenvalue weighted by Crippen LogP contribution is 2.02. The van der Waals surface area contributed by atoms with Gasteiger partial charge < -0.3 is 9.52 Å². The zero-order chi connectivity index (χ0) is 12.0. The zero-order valence-corrected chi connectivity index (χ0v) is 9.90. The highest BCUT2D eigenvalue weighted by atomic mass is 32.2. The van der Waals surface area contributed by atoms with Crippen molar-refractivity contribution in [1.29, 1.82) is 0 Å².